The monoisotopic (exact) mass is 335 g/mol. The molecule has 1 aliphatic heterocycles. The van der Waals surface area contributed by atoms with E-state index in [9.17, 15) is 9.59 Å². The molecule has 8 nitrogen and oxygen atoms in total. The zero-order chi connectivity index (χ0) is 17.5. The standard InChI is InChI=1S/C16H25N5O3/c1-4-24-16(23)21-7-5-12(6-8-21)20-14-10-17-13(9-18-14)15(22)19-11(2)3/h9-12H,4-8H2,1-3H3,(H,18,20)(H,19,22). The summed E-state index contributed by atoms with van der Waals surface area (Å²) >= 11 is 0. The molecule has 1 aliphatic rings. The van der Waals surface area contributed by atoms with E-state index >= 15 is 0 Å². The van der Waals surface area contributed by atoms with Crippen molar-refractivity contribution in [3.8, 4) is 0 Å². The summed E-state index contributed by atoms with van der Waals surface area (Å²) in [6.45, 7) is 7.28. The Morgan fingerprint density at radius 1 is 1.29 bits per heavy atom. The van der Waals surface area contributed by atoms with Crippen molar-refractivity contribution in [2.45, 2.75) is 45.7 Å². The molecule has 2 N–H and O–H groups in total. The molecule has 132 valence electrons. The highest BCUT2D eigenvalue weighted by molar-refractivity contribution is 5.92. The predicted octanol–water partition coefficient (Wildman–Crippen LogP) is 1.65. The Bertz CT molecular complexity index is 553. The second kappa shape index (κ2) is 8.47. The second-order valence-corrected chi connectivity index (χ2v) is 6.02. The van der Waals surface area contributed by atoms with Gasteiger partial charge in [0.1, 0.15) is 11.5 Å². The number of hydrogen-bond acceptors (Lipinski definition) is 6. The molecular weight excluding hydrogens is 310 g/mol. The zero-order valence-corrected chi connectivity index (χ0v) is 14.4. The lowest BCUT2D eigenvalue weighted by atomic mass is 10.1. The molecule has 2 rings (SSSR count). The second-order valence-electron chi connectivity index (χ2n) is 6.02. The van der Waals surface area contributed by atoms with Crippen LogP contribution in [0.4, 0.5) is 10.6 Å². The van der Waals surface area contributed by atoms with E-state index < -0.39 is 0 Å². The molecule has 0 spiro atoms. The molecule has 0 bridgehead atoms. The highest BCUT2D eigenvalue weighted by Gasteiger charge is 2.23. The third-order valence-corrected chi connectivity index (χ3v) is 3.68. The van der Waals surface area contributed by atoms with E-state index in [4.69, 9.17) is 4.74 Å². The molecule has 2 amide bonds. The van der Waals surface area contributed by atoms with Gasteiger partial charge < -0.3 is 20.3 Å². The van der Waals surface area contributed by atoms with Crippen molar-refractivity contribution < 1.29 is 14.3 Å². The maximum atomic E-state index is 11.8. The van der Waals surface area contributed by atoms with Crippen molar-refractivity contribution in [1.29, 1.82) is 0 Å². The van der Waals surface area contributed by atoms with Crippen LogP contribution in [0.1, 0.15) is 44.1 Å². The van der Waals surface area contributed by atoms with Gasteiger partial charge in [0, 0.05) is 25.2 Å². The molecule has 24 heavy (non-hydrogen) atoms. The van der Waals surface area contributed by atoms with Crippen molar-refractivity contribution >= 4 is 17.8 Å². The van der Waals surface area contributed by atoms with E-state index in [1.807, 2.05) is 13.8 Å². The van der Waals surface area contributed by atoms with Crippen LogP contribution >= 0.6 is 0 Å². The number of nitrogens with one attached hydrogen (secondary N) is 2. The minimum absolute atomic E-state index is 0.0571. The molecule has 8 heteroatoms. The number of piperidine rings is 1. The molecule has 0 aliphatic carbocycles. The largest absolute Gasteiger partial charge is 0.450 e. The Morgan fingerprint density at radius 2 is 2.00 bits per heavy atom. The molecule has 1 aromatic heterocycles. The van der Waals surface area contributed by atoms with Crippen LogP contribution in [0.15, 0.2) is 12.4 Å². The fourth-order valence-electron chi connectivity index (χ4n) is 2.49. The molecule has 0 radical (unpaired) electrons. The lowest BCUT2D eigenvalue weighted by Crippen LogP contribution is -2.42. The van der Waals surface area contributed by atoms with Crippen molar-refractivity contribution in [2.75, 3.05) is 25.0 Å². The van der Waals surface area contributed by atoms with E-state index in [0.29, 0.717) is 31.2 Å². The van der Waals surface area contributed by atoms with E-state index in [-0.39, 0.29) is 24.1 Å². The Hall–Kier alpha value is -2.38. The van der Waals surface area contributed by atoms with Crippen LogP contribution in [-0.4, -0.2) is 58.6 Å². The van der Waals surface area contributed by atoms with Crippen LogP contribution in [0, 0.1) is 0 Å². The highest BCUT2D eigenvalue weighted by atomic mass is 16.6. The van der Waals surface area contributed by atoms with Crippen LogP contribution < -0.4 is 10.6 Å². The smallest absolute Gasteiger partial charge is 0.409 e. The zero-order valence-electron chi connectivity index (χ0n) is 14.4. The summed E-state index contributed by atoms with van der Waals surface area (Å²) in [6.07, 6.45) is 4.41. The average molecular weight is 335 g/mol. The molecule has 2 heterocycles. The van der Waals surface area contributed by atoms with Gasteiger partial charge in [-0.05, 0) is 33.6 Å². The van der Waals surface area contributed by atoms with Crippen LogP contribution in [-0.2, 0) is 4.74 Å². The van der Waals surface area contributed by atoms with Gasteiger partial charge in [0.2, 0.25) is 0 Å². The number of carbonyl (C=O) groups excluding carboxylic acids is 2. The molecule has 0 atom stereocenters. The van der Waals surface area contributed by atoms with Crippen molar-refractivity contribution in [3.63, 3.8) is 0 Å². The van der Waals surface area contributed by atoms with Gasteiger partial charge in [-0.3, -0.25) is 4.79 Å². The summed E-state index contributed by atoms with van der Waals surface area (Å²) in [7, 11) is 0. The fourth-order valence-corrected chi connectivity index (χ4v) is 2.49. The summed E-state index contributed by atoms with van der Waals surface area (Å²) in [5.74, 6) is 0.400. The Balaban J connectivity index is 1.82. The molecule has 1 fully saturated rings. The summed E-state index contributed by atoms with van der Waals surface area (Å²) < 4.78 is 5.00. The molecule has 0 unspecified atom stereocenters. The van der Waals surface area contributed by atoms with Gasteiger partial charge in [-0.25, -0.2) is 14.8 Å². The molecule has 1 saturated heterocycles. The number of rotatable bonds is 5. The van der Waals surface area contributed by atoms with Crippen molar-refractivity contribution in [2.24, 2.45) is 0 Å². The molecule has 1 aromatic rings. The van der Waals surface area contributed by atoms with Gasteiger partial charge >= 0.3 is 6.09 Å². The minimum atomic E-state index is -0.253. The number of ether oxygens (including phenoxy) is 1. The normalized spacial score (nSPS) is 15.2. The maximum Gasteiger partial charge on any atom is 0.409 e. The topological polar surface area (TPSA) is 96.5 Å². The van der Waals surface area contributed by atoms with Crippen molar-refractivity contribution in [3.05, 3.63) is 18.1 Å². The first-order valence-corrected chi connectivity index (χ1v) is 8.30. The number of amides is 2. The molecule has 0 saturated carbocycles. The first-order valence-electron chi connectivity index (χ1n) is 8.30. The van der Waals surface area contributed by atoms with E-state index in [1.165, 1.54) is 6.20 Å². The number of likely N-dealkylation sites (tertiary alicyclic amines) is 1. The maximum absolute atomic E-state index is 11.8. The minimum Gasteiger partial charge on any atom is -0.450 e. The van der Waals surface area contributed by atoms with Crippen LogP contribution in [0.2, 0.25) is 0 Å². The predicted molar refractivity (Wildman–Crippen MR) is 89.9 cm³/mol. The molecule has 0 aromatic carbocycles. The van der Waals surface area contributed by atoms with Crippen LogP contribution in [0.5, 0.6) is 0 Å². The highest BCUT2D eigenvalue weighted by Crippen LogP contribution is 2.15. The number of anilines is 1. The Labute approximate surface area is 142 Å². The first-order chi connectivity index (χ1) is 11.5. The lowest BCUT2D eigenvalue weighted by Gasteiger charge is -2.31. The summed E-state index contributed by atoms with van der Waals surface area (Å²) in [4.78, 5) is 33.6. The van der Waals surface area contributed by atoms with Crippen LogP contribution in [0.3, 0.4) is 0 Å². The first kappa shape index (κ1) is 18.0. The van der Waals surface area contributed by atoms with Gasteiger partial charge in [0.25, 0.3) is 5.91 Å². The van der Waals surface area contributed by atoms with Crippen molar-refractivity contribution in [1.82, 2.24) is 20.2 Å². The lowest BCUT2D eigenvalue weighted by molar-refractivity contribution is 0.0936. The third kappa shape index (κ3) is 5.07. The Kier molecular flexibility index (Phi) is 6.34. The summed E-state index contributed by atoms with van der Waals surface area (Å²) in [5, 5.41) is 6.07. The summed E-state index contributed by atoms with van der Waals surface area (Å²) in [5.41, 5.74) is 0.298. The Morgan fingerprint density at radius 3 is 2.54 bits per heavy atom. The number of aromatic nitrogens is 2. The van der Waals surface area contributed by atoms with E-state index in [0.717, 1.165) is 12.8 Å². The number of hydrogen-bond donors (Lipinski definition) is 2. The van der Waals surface area contributed by atoms with Gasteiger partial charge in [0.15, 0.2) is 0 Å². The van der Waals surface area contributed by atoms with Gasteiger partial charge in [-0.1, -0.05) is 0 Å². The molecular formula is C16H25N5O3. The van der Waals surface area contributed by atoms with Crippen LogP contribution in [0.25, 0.3) is 0 Å². The van der Waals surface area contributed by atoms with Gasteiger partial charge in [-0.2, -0.15) is 0 Å². The van der Waals surface area contributed by atoms with E-state index in [2.05, 4.69) is 20.6 Å². The SMILES string of the molecule is CCOC(=O)N1CCC(Nc2cnc(C(=O)NC(C)C)cn2)CC1. The van der Waals surface area contributed by atoms with Gasteiger partial charge in [-0.15, -0.1) is 0 Å². The third-order valence-electron chi connectivity index (χ3n) is 3.68. The quantitative estimate of drug-likeness (QED) is 0.849. The van der Waals surface area contributed by atoms with E-state index in [1.54, 1.807) is 18.0 Å². The fraction of sp³-hybridized carbons (Fsp3) is 0.625. The van der Waals surface area contributed by atoms with Gasteiger partial charge in [0.05, 0.1) is 19.0 Å². The number of carbonyl (C=O) groups is 2. The number of nitrogens with zero attached hydrogens (tertiary/aromatic N) is 3. The average Bonchev–Trinajstić information content (AvgIpc) is 2.56. The summed E-state index contributed by atoms with van der Waals surface area (Å²) in [6, 6.07) is 0.280.